The van der Waals surface area contributed by atoms with Gasteiger partial charge in [0.25, 0.3) is 11.3 Å². The molecule has 1 aliphatic rings. The van der Waals surface area contributed by atoms with Gasteiger partial charge in [0.2, 0.25) is 5.82 Å². The molecule has 0 saturated carbocycles. The van der Waals surface area contributed by atoms with E-state index in [2.05, 4.69) is 25.7 Å². The van der Waals surface area contributed by atoms with Crippen LogP contribution in [0, 0.1) is 12.7 Å². The second-order valence-electron chi connectivity index (χ2n) is 9.34. The molecule has 1 aromatic heterocycles. The minimum Gasteiger partial charge on any atom is -0.368 e. The number of nitrogens with one attached hydrogen (secondary N) is 1. The number of hydrogen-bond donors (Lipinski definition) is 2. The largest absolute Gasteiger partial charge is 0.451 e. The molecule has 208 valence electrons. The van der Waals surface area contributed by atoms with E-state index in [9.17, 15) is 26.3 Å². The van der Waals surface area contributed by atoms with Crippen LogP contribution in [0.4, 0.5) is 34.8 Å². The molecule has 1 fully saturated rings. The molecule has 0 amide bonds. The molecule has 0 bridgehead atoms. The van der Waals surface area contributed by atoms with Crippen molar-refractivity contribution >= 4 is 28.5 Å². The molecule has 1 saturated heterocycles. The highest BCUT2D eigenvalue weighted by Crippen LogP contribution is 2.41. The molecular weight excluding hydrogens is 546 g/mol. The van der Waals surface area contributed by atoms with Gasteiger partial charge in [-0.15, -0.1) is 0 Å². The Hall–Kier alpha value is -4.03. The van der Waals surface area contributed by atoms with Crippen molar-refractivity contribution in [2.24, 2.45) is 0 Å². The van der Waals surface area contributed by atoms with Crippen LogP contribution in [0.15, 0.2) is 72.8 Å². The Balaban J connectivity index is 1.65. The van der Waals surface area contributed by atoms with Gasteiger partial charge in [-0.05, 0) is 66.6 Å². The summed E-state index contributed by atoms with van der Waals surface area (Å²) >= 11 is -2.36. The molecule has 0 aliphatic carbocycles. The average molecular weight is 572 g/mol. The maximum atomic E-state index is 14.1. The van der Waals surface area contributed by atoms with Crippen molar-refractivity contribution in [3.05, 3.63) is 90.0 Å². The molecule has 3 aromatic carbocycles. The van der Waals surface area contributed by atoms with E-state index in [4.69, 9.17) is 0 Å². The summed E-state index contributed by atoms with van der Waals surface area (Å²) in [7, 11) is 0. The lowest BCUT2D eigenvalue weighted by Crippen LogP contribution is -2.47. The van der Waals surface area contributed by atoms with Gasteiger partial charge in [-0.25, -0.2) is 18.6 Å². The topological polar surface area (TPSA) is 81.6 Å². The fourth-order valence-corrected chi connectivity index (χ4v) is 5.06. The van der Waals surface area contributed by atoms with Crippen molar-refractivity contribution < 1.29 is 26.3 Å². The molecule has 1 unspecified atom stereocenters. The highest BCUT2D eigenvalue weighted by molar-refractivity contribution is 7.80. The second kappa shape index (κ2) is 11.2. The molecule has 2 N–H and O–H groups in total. The third-order valence-electron chi connectivity index (χ3n) is 6.56. The zero-order valence-corrected chi connectivity index (χ0v) is 22.1. The molecule has 0 radical (unpaired) electrons. The Morgan fingerprint density at radius 2 is 1.55 bits per heavy atom. The van der Waals surface area contributed by atoms with Crippen molar-refractivity contribution in [1.82, 2.24) is 9.97 Å². The van der Waals surface area contributed by atoms with E-state index >= 15 is 0 Å². The predicted molar refractivity (Wildman–Crippen MR) is 148 cm³/mol. The van der Waals surface area contributed by atoms with Gasteiger partial charge in [0.15, 0.2) is 0 Å². The van der Waals surface area contributed by atoms with E-state index in [-0.39, 0.29) is 22.8 Å². The summed E-state index contributed by atoms with van der Waals surface area (Å²) in [5, 5.41) is 0. The summed E-state index contributed by atoms with van der Waals surface area (Å²) in [5.74, 6) is -1.77. The van der Waals surface area contributed by atoms with Crippen molar-refractivity contribution in [3.8, 4) is 22.4 Å². The van der Waals surface area contributed by atoms with E-state index in [0.717, 1.165) is 23.4 Å². The highest BCUT2D eigenvalue weighted by atomic mass is 32.2. The van der Waals surface area contributed by atoms with Crippen LogP contribution in [0.3, 0.4) is 0 Å². The van der Waals surface area contributed by atoms with Gasteiger partial charge >= 0.3 is 6.18 Å². The second-order valence-corrected chi connectivity index (χ2v) is 10.0. The minimum absolute atomic E-state index is 0.0271. The molecule has 4 aromatic rings. The molecule has 5 rings (SSSR count). The van der Waals surface area contributed by atoms with Gasteiger partial charge in [-0.2, -0.15) is 13.2 Å². The number of rotatable bonds is 6. The Labute approximate surface area is 230 Å². The number of hydrogen-bond acceptors (Lipinski definition) is 5. The summed E-state index contributed by atoms with van der Waals surface area (Å²) in [4.78, 5) is 11.9. The van der Waals surface area contributed by atoms with E-state index in [1.54, 1.807) is 29.2 Å². The first-order chi connectivity index (χ1) is 19.1. The van der Waals surface area contributed by atoms with Gasteiger partial charge in [0.05, 0.1) is 11.3 Å². The number of alkyl halides is 3. The quantitative estimate of drug-likeness (QED) is 0.213. The van der Waals surface area contributed by atoms with Crippen LogP contribution >= 0.6 is 0 Å². The maximum absolute atomic E-state index is 14.1. The molecule has 7 nitrogen and oxygen atoms in total. The Kier molecular flexibility index (Phi) is 7.72. The smallest absolute Gasteiger partial charge is 0.368 e. The van der Waals surface area contributed by atoms with Crippen molar-refractivity contribution in [2.75, 3.05) is 40.7 Å². The van der Waals surface area contributed by atoms with E-state index in [1.165, 1.54) is 12.1 Å². The van der Waals surface area contributed by atoms with E-state index in [1.807, 2.05) is 25.1 Å². The zero-order valence-electron chi connectivity index (χ0n) is 21.3. The van der Waals surface area contributed by atoms with E-state index in [0.29, 0.717) is 37.3 Å². The molecule has 1 aliphatic heterocycles. The lowest BCUT2D eigenvalue weighted by Gasteiger charge is -2.38. The number of aromatic nitrogens is 2. The number of piperazine rings is 1. The van der Waals surface area contributed by atoms with Crippen LogP contribution in [0.25, 0.3) is 22.4 Å². The molecule has 40 heavy (non-hydrogen) atoms. The maximum Gasteiger partial charge on any atom is 0.451 e. The van der Waals surface area contributed by atoms with Gasteiger partial charge in [-0.1, -0.05) is 24.3 Å². The van der Waals surface area contributed by atoms with Crippen molar-refractivity contribution in [3.63, 3.8) is 0 Å². The summed E-state index contributed by atoms with van der Waals surface area (Å²) < 4.78 is 79.0. The summed E-state index contributed by atoms with van der Waals surface area (Å²) in [5.41, 5.74) is 3.39. The van der Waals surface area contributed by atoms with Gasteiger partial charge in [0, 0.05) is 43.1 Å². The first-order valence-electron chi connectivity index (χ1n) is 12.4. The first-order valence-corrected chi connectivity index (χ1v) is 13.5. The molecular formula is C28H25F4N5O2S. The molecule has 1 atom stereocenters. The van der Waals surface area contributed by atoms with Crippen LogP contribution in [0.5, 0.6) is 0 Å². The standard InChI is InChI=1S/C28H25F4N5O2S/c1-18-4-2-7-23(16-18)36-12-14-37(15-13-36)26-24(20-5-3-6-22(17-20)35-40(38)39)25(19-8-10-21(29)11-9-19)33-27(34-26)28(30,31)32/h2-11,16-17,35H,12-15H2,1H3,(H,38,39). The Morgan fingerprint density at radius 3 is 2.20 bits per heavy atom. The predicted octanol–water partition coefficient (Wildman–Crippen LogP) is 6.15. The number of aryl methyl sites for hydroxylation is 1. The highest BCUT2D eigenvalue weighted by Gasteiger charge is 2.38. The van der Waals surface area contributed by atoms with Crippen LogP contribution < -0.4 is 14.5 Å². The Morgan fingerprint density at radius 1 is 0.875 bits per heavy atom. The molecule has 2 heterocycles. The first kappa shape index (κ1) is 27.5. The lowest BCUT2D eigenvalue weighted by atomic mass is 9.98. The van der Waals surface area contributed by atoms with E-state index < -0.39 is 29.1 Å². The van der Waals surface area contributed by atoms with Crippen LogP contribution in [-0.2, 0) is 17.4 Å². The zero-order chi connectivity index (χ0) is 28.4. The normalized spacial score (nSPS) is 14.8. The molecule has 0 spiro atoms. The van der Waals surface area contributed by atoms with Crippen LogP contribution in [0.1, 0.15) is 11.4 Å². The van der Waals surface area contributed by atoms with Crippen molar-refractivity contribution in [2.45, 2.75) is 13.1 Å². The van der Waals surface area contributed by atoms with Crippen LogP contribution in [-0.4, -0.2) is 44.9 Å². The summed E-state index contributed by atoms with van der Waals surface area (Å²) in [6, 6.07) is 19.4. The average Bonchev–Trinajstić information content (AvgIpc) is 2.92. The SMILES string of the molecule is Cc1cccc(N2CCN(c3nc(C(F)(F)F)nc(-c4ccc(F)cc4)c3-c3cccc(NS(=O)O)c3)CC2)c1. The monoisotopic (exact) mass is 571 g/mol. The number of benzene rings is 3. The fourth-order valence-electron chi connectivity index (χ4n) is 4.73. The van der Waals surface area contributed by atoms with Crippen molar-refractivity contribution in [1.29, 1.82) is 0 Å². The Bertz CT molecular complexity index is 1540. The minimum atomic E-state index is -4.83. The van der Waals surface area contributed by atoms with Crippen LogP contribution in [0.2, 0.25) is 0 Å². The van der Waals surface area contributed by atoms with Gasteiger partial charge < -0.3 is 9.80 Å². The number of halogens is 4. The fraction of sp³-hybridized carbons (Fsp3) is 0.214. The third kappa shape index (κ3) is 6.07. The number of nitrogens with zero attached hydrogens (tertiary/aromatic N) is 4. The van der Waals surface area contributed by atoms with Gasteiger partial charge in [-0.3, -0.25) is 9.27 Å². The number of anilines is 3. The lowest BCUT2D eigenvalue weighted by molar-refractivity contribution is -0.144. The van der Waals surface area contributed by atoms with Gasteiger partial charge in [0.1, 0.15) is 11.6 Å². The third-order valence-corrected chi connectivity index (χ3v) is 6.97. The summed E-state index contributed by atoms with van der Waals surface area (Å²) in [6.45, 7) is 3.86. The summed E-state index contributed by atoms with van der Waals surface area (Å²) in [6.07, 6.45) is -4.83. The molecule has 12 heteroatoms.